The van der Waals surface area contributed by atoms with Crippen LogP contribution in [0.3, 0.4) is 0 Å². The van der Waals surface area contributed by atoms with E-state index in [0.717, 1.165) is 31.4 Å². The molecule has 2 fully saturated rings. The van der Waals surface area contributed by atoms with Gasteiger partial charge in [-0.1, -0.05) is 33.3 Å². The molecular weight excluding hydrogens is 328 g/mol. The van der Waals surface area contributed by atoms with E-state index in [4.69, 9.17) is 9.16 Å². The molecule has 3 rings (SSSR count). The molecule has 0 aromatic carbocycles. The van der Waals surface area contributed by atoms with Crippen molar-refractivity contribution in [2.45, 2.75) is 97.1 Å². The topological polar surface area (TPSA) is 38.8 Å². The summed E-state index contributed by atoms with van der Waals surface area (Å²) in [4.78, 5) is 12.4. The molecular formula is C21H36O3Si. The largest absolute Gasteiger partial charge is 0.413 e. The molecule has 25 heavy (non-hydrogen) atoms. The zero-order chi connectivity index (χ0) is 18.8. The summed E-state index contributed by atoms with van der Waals surface area (Å²) >= 11 is 0. The predicted molar refractivity (Wildman–Crippen MR) is 104 cm³/mol. The lowest BCUT2D eigenvalue weighted by Crippen LogP contribution is -2.53. The van der Waals surface area contributed by atoms with Gasteiger partial charge in [-0.25, -0.2) is 0 Å². The minimum Gasteiger partial charge on any atom is -0.413 e. The average Bonchev–Trinajstić information content (AvgIpc) is 3.22. The van der Waals surface area contributed by atoms with Gasteiger partial charge >= 0.3 is 0 Å². The van der Waals surface area contributed by atoms with Gasteiger partial charge in [0.25, 0.3) is 0 Å². The van der Waals surface area contributed by atoms with Crippen LogP contribution in [0.4, 0.5) is 0 Å². The normalized spacial score (nSPS) is 39.4. The van der Waals surface area contributed by atoms with Crippen molar-refractivity contribution in [3.63, 3.8) is 0 Å². The molecule has 3 aliphatic rings. The fraction of sp³-hybridized carbons (Fsp3) is 0.857. The summed E-state index contributed by atoms with van der Waals surface area (Å²) in [6.07, 6.45) is 3.86. The predicted octanol–water partition coefficient (Wildman–Crippen LogP) is 5.26. The van der Waals surface area contributed by atoms with Crippen LogP contribution in [0.25, 0.3) is 0 Å². The molecule has 4 heteroatoms. The van der Waals surface area contributed by atoms with E-state index in [1.165, 1.54) is 5.57 Å². The van der Waals surface area contributed by atoms with Gasteiger partial charge < -0.3 is 9.16 Å². The smallest absolute Gasteiger partial charge is 0.192 e. The van der Waals surface area contributed by atoms with Gasteiger partial charge in [-0.15, -0.1) is 0 Å². The van der Waals surface area contributed by atoms with E-state index in [-0.39, 0.29) is 22.2 Å². The molecule has 3 nitrogen and oxygen atoms in total. The maximum absolute atomic E-state index is 12.4. The Bertz CT molecular complexity index is 609. The second-order valence-electron chi connectivity index (χ2n) is 10.5. The average molecular weight is 365 g/mol. The highest BCUT2D eigenvalue weighted by Crippen LogP contribution is 2.57. The van der Waals surface area contributed by atoms with Gasteiger partial charge in [0, 0.05) is 11.8 Å². The monoisotopic (exact) mass is 364 g/mol. The number of ketones is 1. The molecule has 0 amide bonds. The van der Waals surface area contributed by atoms with Crippen molar-refractivity contribution < 1.29 is 14.0 Å². The number of ether oxygens (including phenoxy) is 1. The van der Waals surface area contributed by atoms with Crippen LogP contribution in [0.15, 0.2) is 11.1 Å². The van der Waals surface area contributed by atoms with Crippen molar-refractivity contribution in [1.82, 2.24) is 0 Å². The minimum absolute atomic E-state index is 0.00919. The molecule has 1 saturated heterocycles. The van der Waals surface area contributed by atoms with Crippen LogP contribution in [0.1, 0.15) is 67.2 Å². The standard InChI is InChI=1S/C21H36O3Si/c1-14-16-11-15(21(6)13-23-21)12-18(20(16,5)10-9-17(14)22)24-25(7,8)19(2,3)4/h15,18H,9-13H2,1-8H3/t15-,18-,20-,21?/m0/s1. The van der Waals surface area contributed by atoms with E-state index in [1.807, 2.05) is 6.92 Å². The van der Waals surface area contributed by atoms with Crippen LogP contribution < -0.4 is 0 Å². The Kier molecular flexibility index (Phi) is 4.46. The second-order valence-corrected chi connectivity index (χ2v) is 15.3. The molecule has 0 N–H and O–H groups in total. The molecule has 0 aromatic rings. The highest BCUT2D eigenvalue weighted by molar-refractivity contribution is 6.74. The van der Waals surface area contributed by atoms with Crippen molar-refractivity contribution in [2.75, 3.05) is 6.61 Å². The Labute approximate surface area is 154 Å². The van der Waals surface area contributed by atoms with E-state index in [1.54, 1.807) is 0 Å². The number of fused-ring (bicyclic) bond motifs is 1. The first-order valence-electron chi connectivity index (χ1n) is 9.85. The molecule has 1 heterocycles. The van der Waals surface area contributed by atoms with E-state index in [2.05, 4.69) is 47.7 Å². The highest BCUT2D eigenvalue weighted by Gasteiger charge is 2.57. The minimum atomic E-state index is -1.87. The molecule has 0 aromatic heterocycles. The van der Waals surface area contributed by atoms with Crippen molar-refractivity contribution in [3.8, 4) is 0 Å². The summed E-state index contributed by atoms with van der Waals surface area (Å²) in [5, 5.41) is 0.194. The zero-order valence-electron chi connectivity index (χ0n) is 17.4. The molecule has 1 aliphatic heterocycles. The molecule has 0 radical (unpaired) electrons. The van der Waals surface area contributed by atoms with Crippen LogP contribution in [0, 0.1) is 11.3 Å². The number of hydrogen-bond donors (Lipinski definition) is 0. The lowest BCUT2D eigenvalue weighted by molar-refractivity contribution is -0.118. The number of hydrogen-bond acceptors (Lipinski definition) is 3. The summed E-state index contributed by atoms with van der Waals surface area (Å²) in [5.74, 6) is 0.798. The molecule has 0 spiro atoms. The molecule has 2 aliphatic carbocycles. The molecule has 142 valence electrons. The Morgan fingerprint density at radius 1 is 1.24 bits per heavy atom. The third-order valence-electron chi connectivity index (χ3n) is 7.80. The molecule has 1 unspecified atom stereocenters. The highest BCUT2D eigenvalue weighted by atomic mass is 28.4. The van der Waals surface area contributed by atoms with Crippen LogP contribution in [0.2, 0.25) is 18.1 Å². The van der Waals surface area contributed by atoms with Gasteiger partial charge in [-0.3, -0.25) is 4.79 Å². The van der Waals surface area contributed by atoms with Crippen LogP contribution in [0.5, 0.6) is 0 Å². The SMILES string of the molecule is CC1=C2C[C@H](C3(C)CO3)C[C@H](O[Si](C)(C)C(C)(C)C)[C@@]2(C)CCC1=O. The van der Waals surface area contributed by atoms with Crippen LogP contribution in [-0.4, -0.2) is 32.4 Å². The van der Waals surface area contributed by atoms with Crippen molar-refractivity contribution in [2.24, 2.45) is 11.3 Å². The van der Waals surface area contributed by atoms with Gasteiger partial charge in [-0.05, 0) is 62.7 Å². The third-order valence-corrected chi connectivity index (χ3v) is 12.3. The van der Waals surface area contributed by atoms with Gasteiger partial charge in [0.1, 0.15) is 0 Å². The van der Waals surface area contributed by atoms with Gasteiger partial charge in [0.05, 0.1) is 18.3 Å². The Hall–Kier alpha value is -0.453. The van der Waals surface area contributed by atoms with Crippen molar-refractivity contribution in [3.05, 3.63) is 11.1 Å². The Balaban J connectivity index is 1.98. The van der Waals surface area contributed by atoms with E-state index >= 15 is 0 Å². The molecule has 4 atom stereocenters. The van der Waals surface area contributed by atoms with E-state index < -0.39 is 8.32 Å². The maximum Gasteiger partial charge on any atom is 0.192 e. The summed E-state index contributed by atoms with van der Waals surface area (Å²) in [5.41, 5.74) is 2.37. The lowest BCUT2D eigenvalue weighted by Gasteiger charge is -2.53. The Morgan fingerprint density at radius 2 is 1.84 bits per heavy atom. The summed E-state index contributed by atoms with van der Waals surface area (Å²) < 4.78 is 12.8. The quantitative estimate of drug-likeness (QED) is 0.506. The van der Waals surface area contributed by atoms with Gasteiger partial charge in [-0.2, -0.15) is 0 Å². The first-order chi connectivity index (χ1) is 11.3. The fourth-order valence-electron chi connectivity index (χ4n) is 4.42. The van der Waals surface area contributed by atoms with E-state index in [9.17, 15) is 4.79 Å². The molecule has 1 saturated carbocycles. The van der Waals surface area contributed by atoms with Gasteiger partial charge in [0.2, 0.25) is 0 Å². The first kappa shape index (κ1) is 19.3. The number of rotatable bonds is 3. The first-order valence-corrected chi connectivity index (χ1v) is 12.8. The van der Waals surface area contributed by atoms with Crippen molar-refractivity contribution in [1.29, 1.82) is 0 Å². The maximum atomic E-state index is 12.4. The number of epoxide rings is 1. The summed E-state index contributed by atoms with van der Waals surface area (Å²) in [7, 11) is -1.87. The number of Topliss-reactive ketones (excluding diaryl/α,β-unsaturated/α-hetero) is 1. The van der Waals surface area contributed by atoms with E-state index in [0.29, 0.717) is 18.1 Å². The lowest BCUT2D eigenvalue weighted by atomic mass is 9.58. The second kappa shape index (κ2) is 5.77. The van der Waals surface area contributed by atoms with Crippen LogP contribution >= 0.6 is 0 Å². The Morgan fingerprint density at radius 3 is 2.36 bits per heavy atom. The summed E-state index contributed by atoms with van der Waals surface area (Å²) in [6, 6.07) is 0. The number of allylic oxidation sites excluding steroid dienone is 1. The molecule has 0 bridgehead atoms. The summed E-state index contributed by atoms with van der Waals surface area (Å²) in [6.45, 7) is 19.1. The number of carbonyl (C=O) groups excluding carboxylic acids is 1. The van der Waals surface area contributed by atoms with Crippen LogP contribution in [-0.2, 0) is 14.0 Å². The van der Waals surface area contributed by atoms with Crippen molar-refractivity contribution >= 4 is 14.1 Å². The third kappa shape index (κ3) is 3.19. The van der Waals surface area contributed by atoms with Gasteiger partial charge in [0.15, 0.2) is 14.1 Å². The fourth-order valence-corrected chi connectivity index (χ4v) is 5.84. The number of carbonyl (C=O) groups is 1. The zero-order valence-corrected chi connectivity index (χ0v) is 18.4.